The monoisotopic (exact) mass is 278 g/mol. The van der Waals surface area contributed by atoms with Gasteiger partial charge in [-0.25, -0.2) is 9.97 Å². The molecule has 3 rings (SSSR count). The lowest BCUT2D eigenvalue weighted by molar-refractivity contribution is 0.0464. The number of aromatic nitrogens is 2. The van der Waals surface area contributed by atoms with Crippen LogP contribution in [0.1, 0.15) is 11.8 Å². The number of thiophene rings is 1. The van der Waals surface area contributed by atoms with Gasteiger partial charge in [0.1, 0.15) is 17.0 Å². The number of ether oxygens (including phenoxy) is 1. The molecule has 2 aromatic heterocycles. The van der Waals surface area contributed by atoms with Gasteiger partial charge in [-0.1, -0.05) is 6.92 Å². The van der Waals surface area contributed by atoms with Gasteiger partial charge >= 0.3 is 0 Å². The van der Waals surface area contributed by atoms with E-state index in [-0.39, 0.29) is 6.10 Å². The molecule has 19 heavy (non-hydrogen) atoms. The summed E-state index contributed by atoms with van der Waals surface area (Å²) in [4.78, 5) is 13.5. The van der Waals surface area contributed by atoms with Gasteiger partial charge in [-0.3, -0.25) is 0 Å². The quantitative estimate of drug-likeness (QED) is 0.920. The molecule has 0 aliphatic carbocycles. The van der Waals surface area contributed by atoms with Crippen LogP contribution in [0.2, 0.25) is 0 Å². The SMILES string of the molecule is CCc1cc2c(N3CCOC(CN)C3)ncnc2s1. The lowest BCUT2D eigenvalue weighted by Crippen LogP contribution is -2.46. The van der Waals surface area contributed by atoms with Crippen LogP contribution in [0.3, 0.4) is 0 Å². The van der Waals surface area contributed by atoms with Crippen LogP contribution in [0.5, 0.6) is 0 Å². The van der Waals surface area contributed by atoms with Crippen molar-refractivity contribution >= 4 is 27.4 Å². The van der Waals surface area contributed by atoms with Gasteiger partial charge in [0.05, 0.1) is 18.1 Å². The summed E-state index contributed by atoms with van der Waals surface area (Å²) in [5.74, 6) is 1.02. The predicted octanol–water partition coefficient (Wildman–Crippen LogP) is 1.42. The van der Waals surface area contributed by atoms with Crippen molar-refractivity contribution < 1.29 is 4.74 Å². The van der Waals surface area contributed by atoms with E-state index >= 15 is 0 Å². The zero-order valence-corrected chi connectivity index (χ0v) is 11.8. The molecule has 1 aliphatic rings. The van der Waals surface area contributed by atoms with Crippen LogP contribution < -0.4 is 10.6 Å². The molecule has 2 N–H and O–H groups in total. The number of fused-ring (bicyclic) bond motifs is 1. The van der Waals surface area contributed by atoms with Crippen LogP contribution in [0.25, 0.3) is 10.2 Å². The third-order valence-corrected chi connectivity index (χ3v) is 4.60. The minimum Gasteiger partial charge on any atom is -0.373 e. The second-order valence-electron chi connectivity index (χ2n) is 4.66. The molecule has 1 fully saturated rings. The first kappa shape index (κ1) is 12.8. The predicted molar refractivity (Wildman–Crippen MR) is 77.8 cm³/mol. The highest BCUT2D eigenvalue weighted by molar-refractivity contribution is 7.18. The second kappa shape index (κ2) is 5.40. The van der Waals surface area contributed by atoms with E-state index in [9.17, 15) is 0 Å². The van der Waals surface area contributed by atoms with Crippen molar-refractivity contribution in [1.82, 2.24) is 9.97 Å². The molecular weight excluding hydrogens is 260 g/mol. The van der Waals surface area contributed by atoms with Crippen LogP contribution in [-0.4, -0.2) is 42.3 Å². The molecule has 0 radical (unpaired) electrons. The summed E-state index contributed by atoms with van der Waals surface area (Å²) in [6.07, 6.45) is 2.79. The van der Waals surface area contributed by atoms with E-state index in [0.717, 1.165) is 35.5 Å². The number of morpholine rings is 1. The van der Waals surface area contributed by atoms with Crippen molar-refractivity contribution in [1.29, 1.82) is 0 Å². The van der Waals surface area contributed by atoms with Crippen molar-refractivity contribution in [2.45, 2.75) is 19.4 Å². The molecular formula is C13H18N4OS. The molecule has 0 bridgehead atoms. The van der Waals surface area contributed by atoms with Gasteiger partial charge in [0.2, 0.25) is 0 Å². The first-order valence-electron chi connectivity index (χ1n) is 6.62. The number of nitrogens with two attached hydrogens (primary N) is 1. The highest BCUT2D eigenvalue weighted by Crippen LogP contribution is 2.31. The van der Waals surface area contributed by atoms with Gasteiger partial charge in [-0.2, -0.15) is 0 Å². The normalized spacial score (nSPS) is 20.1. The molecule has 5 nitrogen and oxygen atoms in total. The number of nitrogens with zero attached hydrogens (tertiary/aromatic N) is 3. The molecule has 1 aliphatic heterocycles. The van der Waals surface area contributed by atoms with Crippen LogP contribution >= 0.6 is 11.3 Å². The van der Waals surface area contributed by atoms with E-state index in [0.29, 0.717) is 13.2 Å². The Labute approximate surface area is 116 Å². The zero-order valence-electron chi connectivity index (χ0n) is 11.0. The summed E-state index contributed by atoms with van der Waals surface area (Å²) in [7, 11) is 0. The fourth-order valence-electron chi connectivity index (χ4n) is 2.37. The van der Waals surface area contributed by atoms with Gasteiger partial charge < -0.3 is 15.4 Å². The molecule has 0 amide bonds. The number of hydrogen-bond acceptors (Lipinski definition) is 6. The van der Waals surface area contributed by atoms with Crippen molar-refractivity contribution in [3.05, 3.63) is 17.3 Å². The maximum atomic E-state index is 5.70. The summed E-state index contributed by atoms with van der Waals surface area (Å²) in [6.45, 7) is 5.09. The number of aryl methyl sites for hydroxylation is 1. The number of hydrogen-bond donors (Lipinski definition) is 1. The van der Waals surface area contributed by atoms with Crippen LogP contribution in [0, 0.1) is 0 Å². The number of anilines is 1. The summed E-state index contributed by atoms with van der Waals surface area (Å²) in [5.41, 5.74) is 5.70. The van der Waals surface area contributed by atoms with Crippen molar-refractivity contribution in [2.75, 3.05) is 31.1 Å². The molecule has 1 unspecified atom stereocenters. The maximum Gasteiger partial charge on any atom is 0.140 e. The third kappa shape index (κ3) is 2.43. The smallest absolute Gasteiger partial charge is 0.140 e. The van der Waals surface area contributed by atoms with E-state index in [1.165, 1.54) is 4.88 Å². The van der Waals surface area contributed by atoms with E-state index < -0.39 is 0 Å². The Morgan fingerprint density at radius 3 is 3.21 bits per heavy atom. The largest absolute Gasteiger partial charge is 0.373 e. The molecule has 0 spiro atoms. The van der Waals surface area contributed by atoms with Gasteiger partial charge in [0.15, 0.2) is 0 Å². The molecule has 3 heterocycles. The first-order chi connectivity index (χ1) is 9.31. The Hall–Kier alpha value is -1.24. The Morgan fingerprint density at radius 1 is 1.53 bits per heavy atom. The van der Waals surface area contributed by atoms with Crippen LogP contribution in [0.15, 0.2) is 12.4 Å². The standard InChI is InChI=1S/C13H18N4OS/c1-2-10-5-11-12(15-8-16-13(11)19-10)17-3-4-18-9(6-14)7-17/h5,8-9H,2-4,6-7,14H2,1H3. The minimum atomic E-state index is 0.100. The Bertz CT molecular complexity index is 571. The average Bonchev–Trinajstić information content (AvgIpc) is 2.90. The molecule has 1 saturated heterocycles. The summed E-state index contributed by atoms with van der Waals surface area (Å²) in [5, 5.41) is 1.15. The van der Waals surface area contributed by atoms with Crippen molar-refractivity contribution in [3.8, 4) is 0 Å². The van der Waals surface area contributed by atoms with Gasteiger partial charge in [0.25, 0.3) is 0 Å². The third-order valence-electron chi connectivity index (χ3n) is 3.41. The molecule has 6 heteroatoms. The van der Waals surface area contributed by atoms with Gasteiger partial charge in [-0.05, 0) is 12.5 Å². The van der Waals surface area contributed by atoms with E-state index in [4.69, 9.17) is 10.5 Å². The molecule has 102 valence electrons. The zero-order chi connectivity index (χ0) is 13.2. The molecule has 2 aromatic rings. The summed E-state index contributed by atoms with van der Waals surface area (Å²) < 4.78 is 5.61. The Balaban J connectivity index is 1.97. The Morgan fingerprint density at radius 2 is 2.42 bits per heavy atom. The lowest BCUT2D eigenvalue weighted by atomic mass is 10.2. The minimum absolute atomic E-state index is 0.100. The van der Waals surface area contributed by atoms with E-state index in [1.54, 1.807) is 17.7 Å². The summed E-state index contributed by atoms with van der Waals surface area (Å²) >= 11 is 1.75. The lowest BCUT2D eigenvalue weighted by Gasteiger charge is -2.33. The highest BCUT2D eigenvalue weighted by Gasteiger charge is 2.22. The van der Waals surface area contributed by atoms with E-state index in [1.807, 2.05) is 0 Å². The fraction of sp³-hybridized carbons (Fsp3) is 0.538. The Kier molecular flexibility index (Phi) is 3.63. The molecule has 1 atom stereocenters. The average molecular weight is 278 g/mol. The second-order valence-corrected chi connectivity index (χ2v) is 5.77. The van der Waals surface area contributed by atoms with Crippen LogP contribution in [0.4, 0.5) is 5.82 Å². The van der Waals surface area contributed by atoms with Gasteiger partial charge in [-0.15, -0.1) is 11.3 Å². The molecule has 0 saturated carbocycles. The van der Waals surface area contributed by atoms with E-state index in [2.05, 4.69) is 27.9 Å². The van der Waals surface area contributed by atoms with Crippen molar-refractivity contribution in [3.63, 3.8) is 0 Å². The fourth-order valence-corrected chi connectivity index (χ4v) is 3.30. The topological polar surface area (TPSA) is 64.3 Å². The van der Waals surface area contributed by atoms with Crippen LogP contribution in [-0.2, 0) is 11.2 Å². The number of rotatable bonds is 3. The summed E-state index contributed by atoms with van der Waals surface area (Å²) in [6, 6.07) is 2.21. The van der Waals surface area contributed by atoms with Crippen molar-refractivity contribution in [2.24, 2.45) is 5.73 Å². The highest BCUT2D eigenvalue weighted by atomic mass is 32.1. The molecule has 0 aromatic carbocycles. The van der Waals surface area contributed by atoms with Gasteiger partial charge in [0, 0.05) is 24.5 Å². The first-order valence-corrected chi connectivity index (χ1v) is 7.43. The maximum absolute atomic E-state index is 5.70.